The van der Waals surface area contributed by atoms with Gasteiger partial charge in [0.05, 0.1) is 27.2 Å². The summed E-state index contributed by atoms with van der Waals surface area (Å²) in [6, 6.07) is 17.1. The molecule has 26 heavy (non-hydrogen) atoms. The van der Waals surface area contributed by atoms with Crippen molar-refractivity contribution in [3.63, 3.8) is 0 Å². The SMILES string of the molecule is N#Cc1ccc(NC(=O)c2ccc(Nc3ccc(Cl)c(Cl)c3)nc2)cc1. The van der Waals surface area contributed by atoms with Crippen molar-refractivity contribution in [2.75, 3.05) is 10.6 Å². The smallest absolute Gasteiger partial charge is 0.257 e. The van der Waals surface area contributed by atoms with Gasteiger partial charge < -0.3 is 10.6 Å². The maximum Gasteiger partial charge on any atom is 0.257 e. The predicted octanol–water partition coefficient (Wildman–Crippen LogP) is 5.26. The highest BCUT2D eigenvalue weighted by molar-refractivity contribution is 6.42. The number of pyridine rings is 1. The van der Waals surface area contributed by atoms with Crippen molar-refractivity contribution in [1.29, 1.82) is 5.26 Å². The van der Waals surface area contributed by atoms with Crippen molar-refractivity contribution >= 4 is 46.3 Å². The number of benzene rings is 2. The van der Waals surface area contributed by atoms with E-state index in [-0.39, 0.29) is 5.91 Å². The van der Waals surface area contributed by atoms with E-state index in [0.717, 1.165) is 5.69 Å². The van der Waals surface area contributed by atoms with Crippen LogP contribution in [0.4, 0.5) is 17.2 Å². The summed E-state index contributed by atoms with van der Waals surface area (Å²) in [5.41, 5.74) is 2.28. The summed E-state index contributed by atoms with van der Waals surface area (Å²) in [4.78, 5) is 16.5. The van der Waals surface area contributed by atoms with E-state index in [1.54, 1.807) is 54.6 Å². The van der Waals surface area contributed by atoms with E-state index in [9.17, 15) is 4.79 Å². The third-order valence-electron chi connectivity index (χ3n) is 3.49. The van der Waals surface area contributed by atoms with E-state index < -0.39 is 0 Å². The van der Waals surface area contributed by atoms with Crippen LogP contribution >= 0.6 is 23.2 Å². The van der Waals surface area contributed by atoms with Crippen LogP contribution in [0.2, 0.25) is 10.0 Å². The molecule has 0 atom stereocenters. The number of anilines is 3. The van der Waals surface area contributed by atoms with Crippen LogP contribution in [0.5, 0.6) is 0 Å². The Labute approximate surface area is 160 Å². The van der Waals surface area contributed by atoms with Gasteiger partial charge in [-0.25, -0.2) is 4.98 Å². The van der Waals surface area contributed by atoms with Gasteiger partial charge in [0, 0.05) is 17.6 Å². The summed E-state index contributed by atoms with van der Waals surface area (Å²) in [6.45, 7) is 0. The van der Waals surface area contributed by atoms with Crippen LogP contribution in [0.15, 0.2) is 60.8 Å². The zero-order valence-electron chi connectivity index (χ0n) is 13.3. The van der Waals surface area contributed by atoms with E-state index >= 15 is 0 Å². The highest BCUT2D eigenvalue weighted by Crippen LogP contribution is 2.26. The molecule has 0 aliphatic rings. The Hall–Kier alpha value is -3.07. The average molecular weight is 383 g/mol. The fourth-order valence-corrected chi connectivity index (χ4v) is 2.45. The first-order chi connectivity index (χ1) is 12.5. The number of nitrogens with one attached hydrogen (secondary N) is 2. The van der Waals surface area contributed by atoms with E-state index in [1.807, 2.05) is 6.07 Å². The molecule has 1 amide bonds. The molecule has 1 aromatic heterocycles. The normalized spacial score (nSPS) is 10.0. The molecule has 128 valence electrons. The minimum atomic E-state index is -0.289. The number of hydrogen-bond acceptors (Lipinski definition) is 4. The summed E-state index contributed by atoms with van der Waals surface area (Å²) in [5.74, 6) is 0.279. The van der Waals surface area contributed by atoms with Crippen molar-refractivity contribution in [2.24, 2.45) is 0 Å². The van der Waals surface area contributed by atoms with Crippen molar-refractivity contribution < 1.29 is 4.79 Å². The maximum absolute atomic E-state index is 12.3. The summed E-state index contributed by atoms with van der Waals surface area (Å²) in [6.07, 6.45) is 1.47. The van der Waals surface area contributed by atoms with E-state index in [0.29, 0.717) is 32.7 Å². The van der Waals surface area contributed by atoms with Crippen molar-refractivity contribution in [3.05, 3.63) is 82.0 Å². The summed E-state index contributed by atoms with van der Waals surface area (Å²) in [7, 11) is 0. The number of hydrogen-bond donors (Lipinski definition) is 2. The molecule has 2 N–H and O–H groups in total. The van der Waals surface area contributed by atoms with E-state index in [4.69, 9.17) is 28.5 Å². The second-order valence-electron chi connectivity index (χ2n) is 5.33. The van der Waals surface area contributed by atoms with Gasteiger partial charge in [-0.05, 0) is 54.6 Å². The van der Waals surface area contributed by atoms with Gasteiger partial charge >= 0.3 is 0 Å². The third kappa shape index (κ3) is 4.31. The van der Waals surface area contributed by atoms with E-state index in [1.165, 1.54) is 6.20 Å². The van der Waals surface area contributed by atoms with Gasteiger partial charge in [0.15, 0.2) is 0 Å². The van der Waals surface area contributed by atoms with Crippen LogP contribution in [-0.4, -0.2) is 10.9 Å². The lowest BCUT2D eigenvalue weighted by atomic mass is 10.2. The molecule has 0 saturated carbocycles. The fourth-order valence-electron chi connectivity index (χ4n) is 2.16. The Morgan fingerprint density at radius 2 is 1.69 bits per heavy atom. The second-order valence-corrected chi connectivity index (χ2v) is 6.14. The lowest BCUT2D eigenvalue weighted by molar-refractivity contribution is 0.102. The van der Waals surface area contributed by atoms with Gasteiger partial charge in [0.2, 0.25) is 0 Å². The first kappa shape index (κ1) is 17.7. The number of carbonyl (C=O) groups is 1. The van der Waals surface area contributed by atoms with Crippen LogP contribution in [-0.2, 0) is 0 Å². The van der Waals surface area contributed by atoms with Gasteiger partial charge in [0.1, 0.15) is 5.82 Å². The van der Waals surface area contributed by atoms with Crippen molar-refractivity contribution in [1.82, 2.24) is 4.98 Å². The largest absolute Gasteiger partial charge is 0.340 e. The first-order valence-corrected chi connectivity index (χ1v) is 8.30. The molecular weight excluding hydrogens is 371 g/mol. The zero-order chi connectivity index (χ0) is 18.5. The molecule has 0 fully saturated rings. The summed E-state index contributed by atoms with van der Waals surface area (Å²) in [5, 5.41) is 15.5. The van der Waals surface area contributed by atoms with Crippen LogP contribution in [0.25, 0.3) is 0 Å². The van der Waals surface area contributed by atoms with Crippen LogP contribution in [0.1, 0.15) is 15.9 Å². The fraction of sp³-hybridized carbons (Fsp3) is 0. The topological polar surface area (TPSA) is 77.8 Å². The molecule has 0 spiro atoms. The first-order valence-electron chi connectivity index (χ1n) is 7.55. The molecule has 2 aromatic carbocycles. The van der Waals surface area contributed by atoms with E-state index in [2.05, 4.69) is 15.6 Å². The van der Waals surface area contributed by atoms with Crippen LogP contribution in [0, 0.1) is 11.3 Å². The number of amides is 1. The molecule has 1 heterocycles. The molecule has 7 heteroatoms. The molecular formula is C19H12Cl2N4O. The monoisotopic (exact) mass is 382 g/mol. The molecule has 5 nitrogen and oxygen atoms in total. The lowest BCUT2D eigenvalue weighted by Gasteiger charge is -2.08. The number of aromatic nitrogens is 1. The van der Waals surface area contributed by atoms with Crippen molar-refractivity contribution in [2.45, 2.75) is 0 Å². The summed E-state index contributed by atoms with van der Waals surface area (Å²) >= 11 is 11.9. The maximum atomic E-state index is 12.3. The zero-order valence-corrected chi connectivity index (χ0v) is 14.8. The Bertz CT molecular complexity index is 980. The lowest BCUT2D eigenvalue weighted by Crippen LogP contribution is -2.12. The average Bonchev–Trinajstić information content (AvgIpc) is 2.66. The Kier molecular flexibility index (Phi) is 5.37. The van der Waals surface area contributed by atoms with Gasteiger partial charge in [-0.15, -0.1) is 0 Å². The molecule has 0 aliphatic carbocycles. The van der Waals surface area contributed by atoms with Gasteiger partial charge in [-0.1, -0.05) is 23.2 Å². The Morgan fingerprint density at radius 1 is 0.962 bits per heavy atom. The van der Waals surface area contributed by atoms with Gasteiger partial charge in [-0.3, -0.25) is 4.79 Å². The third-order valence-corrected chi connectivity index (χ3v) is 4.23. The number of carbonyl (C=O) groups excluding carboxylic acids is 1. The highest BCUT2D eigenvalue weighted by atomic mass is 35.5. The predicted molar refractivity (Wildman–Crippen MR) is 103 cm³/mol. The molecule has 3 rings (SSSR count). The second kappa shape index (κ2) is 7.87. The molecule has 0 unspecified atom stereocenters. The molecule has 0 radical (unpaired) electrons. The molecule has 0 aliphatic heterocycles. The Balaban J connectivity index is 1.67. The quantitative estimate of drug-likeness (QED) is 0.645. The van der Waals surface area contributed by atoms with Crippen LogP contribution in [0.3, 0.4) is 0 Å². The number of nitriles is 1. The van der Waals surface area contributed by atoms with Gasteiger partial charge in [0.25, 0.3) is 5.91 Å². The number of nitrogens with zero attached hydrogens (tertiary/aromatic N) is 2. The van der Waals surface area contributed by atoms with Crippen molar-refractivity contribution in [3.8, 4) is 6.07 Å². The van der Waals surface area contributed by atoms with Gasteiger partial charge in [-0.2, -0.15) is 5.26 Å². The standard InChI is InChI=1S/C19H12Cl2N4O/c20-16-7-6-15(9-17(16)21)24-18-8-3-13(11-23-18)19(26)25-14-4-1-12(10-22)2-5-14/h1-9,11H,(H,23,24)(H,25,26). The number of halogens is 2. The highest BCUT2D eigenvalue weighted by Gasteiger charge is 2.07. The van der Waals surface area contributed by atoms with Crippen LogP contribution < -0.4 is 10.6 Å². The Morgan fingerprint density at radius 3 is 2.31 bits per heavy atom. The molecule has 0 saturated heterocycles. The molecule has 0 bridgehead atoms. The number of rotatable bonds is 4. The summed E-state index contributed by atoms with van der Waals surface area (Å²) < 4.78 is 0. The minimum Gasteiger partial charge on any atom is -0.340 e. The minimum absolute atomic E-state index is 0.289. The molecule has 3 aromatic rings.